The number of methoxy groups -OCH3 is 1. The van der Waals surface area contributed by atoms with Crippen LogP contribution in [0.3, 0.4) is 0 Å². The van der Waals surface area contributed by atoms with Crippen LogP contribution in [0.5, 0.6) is 11.5 Å². The van der Waals surface area contributed by atoms with Crippen molar-refractivity contribution in [2.45, 2.75) is 25.9 Å². The van der Waals surface area contributed by atoms with Crippen LogP contribution in [-0.2, 0) is 4.79 Å². The predicted molar refractivity (Wildman–Crippen MR) is 86.5 cm³/mol. The van der Waals surface area contributed by atoms with Crippen molar-refractivity contribution in [3.8, 4) is 11.5 Å². The van der Waals surface area contributed by atoms with Gasteiger partial charge in [-0.15, -0.1) is 12.4 Å². The lowest BCUT2D eigenvalue weighted by Crippen LogP contribution is -2.33. The lowest BCUT2D eigenvalue weighted by molar-refractivity contribution is -0.121. The highest BCUT2D eigenvalue weighted by Crippen LogP contribution is 2.19. The number of rotatable bonds is 9. The van der Waals surface area contributed by atoms with Gasteiger partial charge in [-0.25, -0.2) is 0 Å². The van der Waals surface area contributed by atoms with Crippen molar-refractivity contribution in [1.82, 2.24) is 10.6 Å². The van der Waals surface area contributed by atoms with E-state index in [1.54, 1.807) is 7.11 Å². The first-order valence-electron chi connectivity index (χ1n) is 6.87. The fourth-order valence-corrected chi connectivity index (χ4v) is 1.72. The maximum atomic E-state index is 11.6. The van der Waals surface area contributed by atoms with Crippen molar-refractivity contribution in [2.24, 2.45) is 0 Å². The molecule has 0 saturated carbocycles. The molecule has 1 aromatic carbocycles. The molecule has 0 aliphatic carbocycles. The number of benzene rings is 1. The number of carbonyl (C=O) groups excluding carboxylic acids is 1. The number of hydrogen-bond donors (Lipinski definition) is 2. The van der Waals surface area contributed by atoms with Gasteiger partial charge in [-0.1, -0.05) is 6.07 Å². The van der Waals surface area contributed by atoms with Gasteiger partial charge in [-0.05, 0) is 39.1 Å². The number of amides is 1. The number of carbonyl (C=O) groups is 1. The van der Waals surface area contributed by atoms with Gasteiger partial charge in [0.05, 0.1) is 13.7 Å². The number of hydrogen-bond acceptors (Lipinski definition) is 4. The summed E-state index contributed by atoms with van der Waals surface area (Å²) in [6.45, 7) is 3.27. The summed E-state index contributed by atoms with van der Waals surface area (Å²) in [4.78, 5) is 11.6. The zero-order valence-electron chi connectivity index (χ0n) is 12.8. The van der Waals surface area contributed by atoms with Crippen molar-refractivity contribution in [3.05, 3.63) is 24.3 Å². The number of nitrogens with one attached hydrogen (secondary N) is 2. The van der Waals surface area contributed by atoms with Gasteiger partial charge < -0.3 is 20.1 Å². The van der Waals surface area contributed by atoms with Crippen molar-refractivity contribution in [1.29, 1.82) is 0 Å². The van der Waals surface area contributed by atoms with Crippen molar-refractivity contribution in [3.63, 3.8) is 0 Å². The fourth-order valence-electron chi connectivity index (χ4n) is 1.72. The molecule has 0 fully saturated rings. The van der Waals surface area contributed by atoms with Crippen LogP contribution >= 0.6 is 12.4 Å². The monoisotopic (exact) mass is 316 g/mol. The Morgan fingerprint density at radius 3 is 2.71 bits per heavy atom. The summed E-state index contributed by atoms with van der Waals surface area (Å²) in [7, 11) is 3.50. The SMILES string of the molecule is CNCCCC(=O)NCC(C)Oc1cccc(OC)c1.Cl. The zero-order chi connectivity index (χ0) is 14.8. The normalized spacial score (nSPS) is 11.2. The van der Waals surface area contributed by atoms with Gasteiger partial charge in [0.2, 0.25) is 5.91 Å². The third-order valence-corrected chi connectivity index (χ3v) is 2.80. The molecule has 1 aromatic rings. The molecule has 1 atom stereocenters. The van der Waals surface area contributed by atoms with Crippen LogP contribution in [0.15, 0.2) is 24.3 Å². The summed E-state index contributed by atoms with van der Waals surface area (Å²) < 4.78 is 10.9. The van der Waals surface area contributed by atoms with Crippen LogP contribution in [0.2, 0.25) is 0 Å². The Kier molecular flexibility index (Phi) is 10.4. The molecular formula is C15H25ClN2O3. The summed E-state index contributed by atoms with van der Waals surface area (Å²) in [6, 6.07) is 7.43. The van der Waals surface area contributed by atoms with Crippen LogP contribution in [0.1, 0.15) is 19.8 Å². The third-order valence-electron chi connectivity index (χ3n) is 2.80. The second-order valence-corrected chi connectivity index (χ2v) is 4.62. The Morgan fingerprint density at radius 2 is 2.05 bits per heavy atom. The Bertz CT molecular complexity index is 416. The topological polar surface area (TPSA) is 59.6 Å². The molecule has 0 radical (unpaired) electrons. The van der Waals surface area contributed by atoms with E-state index in [2.05, 4.69) is 10.6 Å². The molecule has 0 aromatic heterocycles. The molecule has 0 aliphatic heterocycles. The standard InChI is InChI=1S/C15H24N2O3.ClH/c1-12(11-17-15(18)8-5-9-16-2)20-14-7-4-6-13(10-14)19-3;/h4,6-7,10,12,16H,5,8-9,11H2,1-3H3,(H,17,18);1H. The lowest BCUT2D eigenvalue weighted by Gasteiger charge is -2.16. The summed E-state index contributed by atoms with van der Waals surface area (Å²) in [5.74, 6) is 1.55. The molecule has 5 nitrogen and oxygen atoms in total. The second-order valence-electron chi connectivity index (χ2n) is 4.62. The highest BCUT2D eigenvalue weighted by Gasteiger charge is 2.07. The molecule has 0 spiro atoms. The smallest absolute Gasteiger partial charge is 0.220 e. The van der Waals surface area contributed by atoms with Gasteiger partial charge in [0.15, 0.2) is 0 Å². The second kappa shape index (κ2) is 11.2. The van der Waals surface area contributed by atoms with Gasteiger partial charge in [0.25, 0.3) is 0 Å². The molecule has 21 heavy (non-hydrogen) atoms. The lowest BCUT2D eigenvalue weighted by atomic mass is 10.3. The number of ether oxygens (including phenoxy) is 2. The maximum Gasteiger partial charge on any atom is 0.220 e. The highest BCUT2D eigenvalue weighted by molar-refractivity contribution is 5.85. The molecule has 1 unspecified atom stereocenters. The van der Waals surface area contributed by atoms with E-state index >= 15 is 0 Å². The molecule has 0 heterocycles. The molecular weight excluding hydrogens is 292 g/mol. The molecule has 2 N–H and O–H groups in total. The Morgan fingerprint density at radius 1 is 1.33 bits per heavy atom. The molecule has 6 heteroatoms. The molecule has 1 amide bonds. The summed E-state index contributed by atoms with van der Waals surface area (Å²) in [6.07, 6.45) is 1.29. The van der Waals surface area contributed by atoms with Crippen LogP contribution in [-0.4, -0.2) is 39.3 Å². The quantitative estimate of drug-likeness (QED) is 0.684. The van der Waals surface area contributed by atoms with E-state index in [9.17, 15) is 4.79 Å². The van der Waals surface area contributed by atoms with Gasteiger partial charge in [-0.2, -0.15) is 0 Å². The van der Waals surface area contributed by atoms with E-state index in [0.29, 0.717) is 13.0 Å². The first kappa shape index (κ1) is 19.5. The van der Waals surface area contributed by atoms with Gasteiger partial charge in [0, 0.05) is 12.5 Å². The van der Waals surface area contributed by atoms with Crippen LogP contribution in [0, 0.1) is 0 Å². The van der Waals surface area contributed by atoms with Gasteiger partial charge in [0.1, 0.15) is 17.6 Å². The molecule has 0 aliphatic rings. The minimum absolute atomic E-state index is 0. The third kappa shape index (κ3) is 8.42. The van der Waals surface area contributed by atoms with E-state index in [1.165, 1.54) is 0 Å². The average molecular weight is 317 g/mol. The summed E-state index contributed by atoms with van der Waals surface area (Å²) >= 11 is 0. The van der Waals surface area contributed by atoms with Crippen LogP contribution in [0.4, 0.5) is 0 Å². The zero-order valence-corrected chi connectivity index (χ0v) is 13.7. The minimum atomic E-state index is -0.0876. The van der Waals surface area contributed by atoms with Crippen molar-refractivity contribution in [2.75, 3.05) is 27.2 Å². The summed E-state index contributed by atoms with van der Waals surface area (Å²) in [5, 5.41) is 5.88. The predicted octanol–water partition coefficient (Wildman–Crippen LogP) is 2.00. The van der Waals surface area contributed by atoms with E-state index in [-0.39, 0.29) is 24.4 Å². The molecule has 0 bridgehead atoms. The fraction of sp³-hybridized carbons (Fsp3) is 0.533. The van der Waals surface area contributed by atoms with E-state index in [1.807, 2.05) is 38.2 Å². The van der Waals surface area contributed by atoms with Crippen molar-refractivity contribution < 1.29 is 14.3 Å². The first-order valence-corrected chi connectivity index (χ1v) is 6.87. The Labute approximate surface area is 132 Å². The average Bonchev–Trinajstić information content (AvgIpc) is 2.45. The molecule has 120 valence electrons. The van der Waals surface area contributed by atoms with Crippen LogP contribution < -0.4 is 20.1 Å². The van der Waals surface area contributed by atoms with E-state index < -0.39 is 0 Å². The van der Waals surface area contributed by atoms with E-state index in [0.717, 1.165) is 24.5 Å². The summed E-state index contributed by atoms with van der Waals surface area (Å²) in [5.41, 5.74) is 0. The van der Waals surface area contributed by atoms with Gasteiger partial charge >= 0.3 is 0 Å². The van der Waals surface area contributed by atoms with Gasteiger partial charge in [-0.3, -0.25) is 4.79 Å². The maximum absolute atomic E-state index is 11.6. The molecule has 1 rings (SSSR count). The number of halogens is 1. The van der Waals surface area contributed by atoms with Crippen molar-refractivity contribution >= 4 is 18.3 Å². The Balaban J connectivity index is 0.00000400. The Hall–Kier alpha value is -1.46. The van der Waals surface area contributed by atoms with E-state index in [4.69, 9.17) is 9.47 Å². The van der Waals surface area contributed by atoms with Crippen LogP contribution in [0.25, 0.3) is 0 Å². The largest absolute Gasteiger partial charge is 0.497 e. The highest BCUT2D eigenvalue weighted by atomic mass is 35.5. The first-order chi connectivity index (χ1) is 9.65. The minimum Gasteiger partial charge on any atom is -0.497 e. The molecule has 0 saturated heterocycles.